The summed E-state index contributed by atoms with van der Waals surface area (Å²) >= 11 is 0. The molecule has 2 aromatic carbocycles. The Balaban J connectivity index is 1.72. The average molecular weight is 309 g/mol. The second-order valence-corrected chi connectivity index (χ2v) is 5.75. The second-order valence-electron chi connectivity index (χ2n) is 5.75. The molecule has 2 atom stereocenters. The first-order valence-corrected chi connectivity index (χ1v) is 8.01. The quantitative estimate of drug-likeness (QED) is 0.843. The van der Waals surface area contributed by atoms with Crippen LogP contribution >= 0.6 is 0 Å². The summed E-state index contributed by atoms with van der Waals surface area (Å²) in [5, 5.41) is 0. The zero-order valence-corrected chi connectivity index (χ0v) is 13.5. The Bertz CT molecular complexity index is 612. The maximum atomic E-state index is 5.78. The van der Waals surface area contributed by atoms with E-state index in [1.807, 2.05) is 12.1 Å². The minimum Gasteiger partial charge on any atom is -0.355 e. The number of hydrogen-bond acceptors (Lipinski definition) is 3. The van der Waals surface area contributed by atoms with Gasteiger partial charge < -0.3 is 9.47 Å². The zero-order chi connectivity index (χ0) is 15.9. The maximum Gasteiger partial charge on any atom is 0.169 e. The van der Waals surface area contributed by atoms with Crippen molar-refractivity contribution in [2.75, 3.05) is 20.3 Å². The van der Waals surface area contributed by atoms with E-state index in [0.717, 1.165) is 13.1 Å². The van der Waals surface area contributed by atoms with Gasteiger partial charge in [0.25, 0.3) is 0 Å². The number of nitrogens with zero attached hydrogens (tertiary/aromatic N) is 1. The van der Waals surface area contributed by atoms with Crippen LogP contribution in [-0.4, -0.2) is 37.5 Å². The molecule has 1 aliphatic heterocycles. The predicted octanol–water partition coefficient (Wildman–Crippen LogP) is 3.57. The Hall–Kier alpha value is -1.94. The van der Waals surface area contributed by atoms with E-state index in [-0.39, 0.29) is 12.3 Å². The molecule has 1 aliphatic rings. The highest BCUT2D eigenvalue weighted by Gasteiger charge is 2.27. The van der Waals surface area contributed by atoms with Crippen molar-refractivity contribution < 1.29 is 9.47 Å². The minimum atomic E-state index is -0.153. The van der Waals surface area contributed by atoms with E-state index < -0.39 is 0 Å². The van der Waals surface area contributed by atoms with E-state index in [9.17, 15) is 0 Å². The lowest BCUT2D eigenvalue weighted by Crippen LogP contribution is -2.48. The Morgan fingerprint density at radius 3 is 2.48 bits per heavy atom. The lowest BCUT2D eigenvalue weighted by molar-refractivity contribution is -0.176. The lowest BCUT2D eigenvalue weighted by Gasteiger charge is -2.37. The molecule has 3 rings (SSSR count). The van der Waals surface area contributed by atoms with Crippen LogP contribution in [0.2, 0.25) is 0 Å². The topological polar surface area (TPSA) is 21.7 Å². The fourth-order valence-corrected chi connectivity index (χ4v) is 2.80. The smallest absolute Gasteiger partial charge is 0.169 e. The van der Waals surface area contributed by atoms with Crippen molar-refractivity contribution >= 4 is 6.08 Å². The van der Waals surface area contributed by atoms with Gasteiger partial charge in [-0.2, -0.15) is 0 Å². The molecule has 3 heteroatoms. The van der Waals surface area contributed by atoms with Gasteiger partial charge in [0, 0.05) is 13.7 Å². The summed E-state index contributed by atoms with van der Waals surface area (Å²) in [6.07, 6.45) is 4.24. The molecule has 0 amide bonds. The van der Waals surface area contributed by atoms with Crippen LogP contribution in [0.15, 0.2) is 66.7 Å². The van der Waals surface area contributed by atoms with Gasteiger partial charge in [0.2, 0.25) is 0 Å². The molecule has 2 unspecified atom stereocenters. The molecule has 0 spiro atoms. The molecule has 1 heterocycles. The van der Waals surface area contributed by atoms with Crippen molar-refractivity contribution in [3.63, 3.8) is 0 Å². The molecular weight excluding hydrogens is 286 g/mol. The second kappa shape index (κ2) is 8.06. The molecule has 0 N–H and O–H groups in total. The molecule has 1 saturated heterocycles. The summed E-state index contributed by atoms with van der Waals surface area (Å²) in [6, 6.07) is 21.2. The van der Waals surface area contributed by atoms with E-state index in [4.69, 9.17) is 9.47 Å². The Labute approximate surface area is 138 Å². The van der Waals surface area contributed by atoms with E-state index in [1.54, 1.807) is 7.11 Å². The van der Waals surface area contributed by atoms with Gasteiger partial charge >= 0.3 is 0 Å². The molecular formula is C20H23NO2. The number of rotatable bonds is 5. The third-order valence-electron chi connectivity index (χ3n) is 4.11. The fraction of sp³-hybridized carbons (Fsp3) is 0.300. The van der Waals surface area contributed by atoms with Crippen molar-refractivity contribution in [3.05, 3.63) is 77.9 Å². The molecule has 0 bridgehead atoms. The zero-order valence-electron chi connectivity index (χ0n) is 13.5. The normalized spacial score (nSPS) is 22.5. The number of methoxy groups -OCH3 is 1. The summed E-state index contributed by atoms with van der Waals surface area (Å²) in [7, 11) is 1.70. The van der Waals surface area contributed by atoms with Crippen molar-refractivity contribution in [1.29, 1.82) is 0 Å². The minimum absolute atomic E-state index is 0.153. The standard InChI is InChI=1S/C20H23NO2/c1-22-20-15-21(14-18-10-6-3-7-11-18)19(16-23-20)13-12-17-8-4-2-5-9-17/h2-13,19-20H,14-16H2,1H3/b13-12+. The van der Waals surface area contributed by atoms with E-state index in [2.05, 4.69) is 65.6 Å². The molecule has 0 aromatic heterocycles. The van der Waals surface area contributed by atoms with Gasteiger partial charge in [0.15, 0.2) is 6.29 Å². The molecule has 2 aromatic rings. The summed E-state index contributed by atoms with van der Waals surface area (Å²) in [5.74, 6) is 0. The predicted molar refractivity (Wildman–Crippen MR) is 92.9 cm³/mol. The Morgan fingerprint density at radius 2 is 1.78 bits per heavy atom. The molecule has 0 radical (unpaired) electrons. The summed E-state index contributed by atoms with van der Waals surface area (Å²) < 4.78 is 11.2. The molecule has 3 nitrogen and oxygen atoms in total. The van der Waals surface area contributed by atoms with E-state index in [0.29, 0.717) is 6.61 Å². The van der Waals surface area contributed by atoms with Crippen LogP contribution in [0.5, 0.6) is 0 Å². The molecule has 0 saturated carbocycles. The third-order valence-corrected chi connectivity index (χ3v) is 4.11. The van der Waals surface area contributed by atoms with Gasteiger partial charge in [-0.3, -0.25) is 4.90 Å². The third kappa shape index (κ3) is 4.52. The largest absolute Gasteiger partial charge is 0.355 e. The Kier molecular flexibility index (Phi) is 5.59. The van der Waals surface area contributed by atoms with Crippen LogP contribution in [0.1, 0.15) is 11.1 Å². The highest BCUT2D eigenvalue weighted by atomic mass is 16.7. The highest BCUT2D eigenvalue weighted by molar-refractivity contribution is 5.49. The van der Waals surface area contributed by atoms with Crippen molar-refractivity contribution in [2.45, 2.75) is 18.9 Å². The summed E-state index contributed by atoms with van der Waals surface area (Å²) in [5.41, 5.74) is 2.52. The number of ether oxygens (including phenoxy) is 2. The Morgan fingerprint density at radius 1 is 1.09 bits per heavy atom. The van der Waals surface area contributed by atoms with Gasteiger partial charge in [0.05, 0.1) is 19.2 Å². The highest BCUT2D eigenvalue weighted by Crippen LogP contribution is 2.18. The summed E-state index contributed by atoms with van der Waals surface area (Å²) in [4.78, 5) is 2.41. The first-order chi connectivity index (χ1) is 11.3. The van der Waals surface area contributed by atoms with E-state index >= 15 is 0 Å². The van der Waals surface area contributed by atoms with Crippen LogP contribution in [0.4, 0.5) is 0 Å². The van der Waals surface area contributed by atoms with Crippen LogP contribution < -0.4 is 0 Å². The van der Waals surface area contributed by atoms with Gasteiger partial charge in [-0.15, -0.1) is 0 Å². The fourth-order valence-electron chi connectivity index (χ4n) is 2.80. The van der Waals surface area contributed by atoms with Gasteiger partial charge in [-0.1, -0.05) is 72.8 Å². The number of benzene rings is 2. The van der Waals surface area contributed by atoms with Gasteiger partial charge in [0.1, 0.15) is 0 Å². The molecule has 1 fully saturated rings. The van der Waals surface area contributed by atoms with Crippen molar-refractivity contribution in [3.8, 4) is 0 Å². The van der Waals surface area contributed by atoms with E-state index in [1.165, 1.54) is 11.1 Å². The van der Waals surface area contributed by atoms with Crippen LogP contribution in [0.25, 0.3) is 6.08 Å². The van der Waals surface area contributed by atoms with Crippen LogP contribution in [0.3, 0.4) is 0 Å². The van der Waals surface area contributed by atoms with Crippen molar-refractivity contribution in [2.24, 2.45) is 0 Å². The first-order valence-electron chi connectivity index (χ1n) is 8.01. The van der Waals surface area contributed by atoms with Crippen LogP contribution in [-0.2, 0) is 16.0 Å². The monoisotopic (exact) mass is 309 g/mol. The molecule has 120 valence electrons. The first kappa shape index (κ1) is 15.9. The average Bonchev–Trinajstić information content (AvgIpc) is 2.62. The number of hydrogen-bond donors (Lipinski definition) is 0. The number of morpholine rings is 1. The van der Waals surface area contributed by atoms with Crippen LogP contribution in [0, 0.1) is 0 Å². The lowest BCUT2D eigenvalue weighted by atomic mass is 10.1. The van der Waals surface area contributed by atoms with Crippen molar-refractivity contribution in [1.82, 2.24) is 4.90 Å². The molecule has 23 heavy (non-hydrogen) atoms. The SMILES string of the molecule is COC1CN(Cc2ccccc2)C(/C=C/c2ccccc2)CO1. The molecule has 0 aliphatic carbocycles. The van der Waals surface area contributed by atoms with Gasteiger partial charge in [-0.05, 0) is 11.1 Å². The maximum absolute atomic E-state index is 5.78. The summed E-state index contributed by atoms with van der Waals surface area (Å²) in [6.45, 7) is 2.32. The van der Waals surface area contributed by atoms with Gasteiger partial charge in [-0.25, -0.2) is 0 Å².